The van der Waals surface area contributed by atoms with Gasteiger partial charge in [-0.15, -0.1) is 0 Å². The summed E-state index contributed by atoms with van der Waals surface area (Å²) < 4.78 is 25.1. The van der Waals surface area contributed by atoms with Crippen molar-refractivity contribution in [2.24, 2.45) is 0 Å². The lowest BCUT2D eigenvalue weighted by Gasteiger charge is -2.41. The SMILES string of the molecule is CC(=O)O[C@H]1O[C@@H](Cl)[C@@H](OC(C)=O)[C@@H](OC(C)=O)[C@H]1OC(C)=O. The van der Waals surface area contributed by atoms with E-state index < -0.39 is 54.0 Å². The van der Waals surface area contributed by atoms with Gasteiger partial charge in [0.1, 0.15) is 0 Å². The summed E-state index contributed by atoms with van der Waals surface area (Å²) in [5.74, 6) is -2.93. The molecule has 23 heavy (non-hydrogen) atoms. The molecule has 0 aromatic rings. The fourth-order valence-electron chi connectivity index (χ4n) is 1.98. The second kappa shape index (κ2) is 8.11. The molecule has 0 spiro atoms. The number of esters is 4. The van der Waals surface area contributed by atoms with Gasteiger partial charge < -0.3 is 23.7 Å². The molecule has 0 aromatic heterocycles. The highest BCUT2D eigenvalue weighted by Crippen LogP contribution is 2.31. The molecule has 0 unspecified atom stereocenters. The Labute approximate surface area is 137 Å². The molecule has 0 bridgehead atoms. The Morgan fingerprint density at radius 1 is 0.696 bits per heavy atom. The van der Waals surface area contributed by atoms with E-state index in [0.717, 1.165) is 27.7 Å². The van der Waals surface area contributed by atoms with Crippen molar-refractivity contribution in [3.8, 4) is 0 Å². The smallest absolute Gasteiger partial charge is 0.305 e. The first-order chi connectivity index (χ1) is 10.6. The van der Waals surface area contributed by atoms with Gasteiger partial charge in [0.05, 0.1) is 0 Å². The molecule has 0 amide bonds. The van der Waals surface area contributed by atoms with Crippen LogP contribution in [-0.4, -0.2) is 54.0 Å². The summed E-state index contributed by atoms with van der Waals surface area (Å²) in [6, 6.07) is 0. The summed E-state index contributed by atoms with van der Waals surface area (Å²) in [6.45, 7) is 4.43. The van der Waals surface area contributed by atoms with Gasteiger partial charge in [0.15, 0.2) is 17.8 Å². The first kappa shape index (κ1) is 19.2. The first-order valence-electron chi connectivity index (χ1n) is 6.60. The van der Waals surface area contributed by atoms with E-state index in [1.54, 1.807) is 0 Å². The van der Waals surface area contributed by atoms with Crippen molar-refractivity contribution >= 4 is 35.5 Å². The minimum absolute atomic E-state index is 0.714. The van der Waals surface area contributed by atoms with Gasteiger partial charge in [0.25, 0.3) is 0 Å². The molecule has 9 nitrogen and oxygen atoms in total. The van der Waals surface area contributed by atoms with Crippen LogP contribution in [0, 0.1) is 0 Å². The van der Waals surface area contributed by atoms with Crippen LogP contribution in [0.15, 0.2) is 0 Å². The zero-order valence-electron chi connectivity index (χ0n) is 12.9. The number of carbonyl (C=O) groups is 4. The summed E-state index contributed by atoms with van der Waals surface area (Å²) >= 11 is 5.96. The number of hydrogen-bond acceptors (Lipinski definition) is 9. The highest BCUT2D eigenvalue weighted by molar-refractivity contribution is 6.20. The van der Waals surface area contributed by atoms with Crippen LogP contribution < -0.4 is 0 Å². The number of hydrogen-bond donors (Lipinski definition) is 0. The largest absolute Gasteiger partial charge is 0.454 e. The van der Waals surface area contributed by atoms with E-state index in [2.05, 4.69) is 0 Å². The lowest BCUT2D eigenvalue weighted by molar-refractivity contribution is -0.282. The fourth-order valence-corrected chi connectivity index (χ4v) is 2.28. The Balaban J connectivity index is 3.15. The molecular weight excluding hydrogens is 336 g/mol. The van der Waals surface area contributed by atoms with Gasteiger partial charge in [-0.1, -0.05) is 11.6 Å². The van der Waals surface area contributed by atoms with Gasteiger partial charge in [-0.25, -0.2) is 0 Å². The van der Waals surface area contributed by atoms with Crippen molar-refractivity contribution in [2.75, 3.05) is 0 Å². The molecule has 1 rings (SSSR count). The Morgan fingerprint density at radius 3 is 1.52 bits per heavy atom. The molecular formula is C13H17ClO9. The van der Waals surface area contributed by atoms with Crippen LogP contribution in [0.25, 0.3) is 0 Å². The van der Waals surface area contributed by atoms with Gasteiger partial charge in [-0.2, -0.15) is 0 Å². The number of carbonyl (C=O) groups excluding carboxylic acids is 4. The third kappa shape index (κ3) is 5.68. The average Bonchev–Trinajstić information content (AvgIpc) is 2.36. The van der Waals surface area contributed by atoms with E-state index in [9.17, 15) is 19.2 Å². The van der Waals surface area contributed by atoms with Crippen LogP contribution in [0.2, 0.25) is 0 Å². The standard InChI is InChI=1S/C13H17ClO9/c1-5(15)19-9-10(20-6(2)16)12(14)23-13(22-8(4)18)11(9)21-7(3)17/h9-13H,1-4H3/t9-,10+,11-,12-,13+/m1/s1. The zero-order chi connectivity index (χ0) is 17.7. The third-order valence-electron chi connectivity index (χ3n) is 2.63. The molecule has 0 saturated carbocycles. The minimum atomic E-state index is -1.42. The van der Waals surface area contributed by atoms with E-state index in [1.807, 2.05) is 0 Å². The van der Waals surface area contributed by atoms with Gasteiger partial charge in [0, 0.05) is 27.7 Å². The molecule has 130 valence electrons. The summed E-state index contributed by atoms with van der Waals surface area (Å²) in [5.41, 5.74) is -1.29. The Morgan fingerprint density at radius 2 is 1.09 bits per heavy atom. The van der Waals surface area contributed by atoms with Gasteiger partial charge in [0.2, 0.25) is 12.4 Å². The second-order valence-corrected chi connectivity index (χ2v) is 5.12. The molecule has 10 heteroatoms. The maximum atomic E-state index is 11.3. The molecule has 1 fully saturated rings. The molecule has 0 radical (unpaired) electrons. The van der Waals surface area contributed by atoms with Crippen LogP contribution in [-0.2, 0) is 42.9 Å². The maximum absolute atomic E-state index is 11.3. The van der Waals surface area contributed by atoms with Crippen LogP contribution in [0.3, 0.4) is 0 Å². The molecule has 1 saturated heterocycles. The Hall–Kier alpha value is -1.87. The van der Waals surface area contributed by atoms with Crippen LogP contribution in [0.1, 0.15) is 27.7 Å². The lowest BCUT2D eigenvalue weighted by Crippen LogP contribution is -2.60. The molecule has 0 N–H and O–H groups in total. The quantitative estimate of drug-likeness (QED) is 0.399. The zero-order valence-corrected chi connectivity index (χ0v) is 13.7. The monoisotopic (exact) mass is 352 g/mol. The van der Waals surface area contributed by atoms with Crippen molar-refractivity contribution in [3.05, 3.63) is 0 Å². The van der Waals surface area contributed by atoms with Crippen molar-refractivity contribution < 1.29 is 42.9 Å². The van der Waals surface area contributed by atoms with Gasteiger partial charge >= 0.3 is 23.9 Å². The van der Waals surface area contributed by atoms with Crippen molar-refractivity contribution in [2.45, 2.75) is 57.9 Å². The van der Waals surface area contributed by atoms with Gasteiger partial charge in [-0.3, -0.25) is 19.2 Å². The van der Waals surface area contributed by atoms with Crippen LogP contribution in [0.4, 0.5) is 0 Å². The lowest BCUT2D eigenvalue weighted by atomic mass is 10.0. The minimum Gasteiger partial charge on any atom is -0.454 e. The molecule has 5 atom stereocenters. The predicted molar refractivity (Wildman–Crippen MR) is 72.9 cm³/mol. The summed E-state index contributed by atoms with van der Waals surface area (Å²) in [7, 11) is 0. The van der Waals surface area contributed by atoms with E-state index in [4.69, 9.17) is 35.3 Å². The maximum Gasteiger partial charge on any atom is 0.305 e. The molecule has 0 aliphatic carbocycles. The van der Waals surface area contributed by atoms with Crippen LogP contribution in [0.5, 0.6) is 0 Å². The molecule has 1 heterocycles. The predicted octanol–water partition coefficient (Wildman–Crippen LogP) is 0.266. The molecule has 1 aliphatic heterocycles. The first-order valence-corrected chi connectivity index (χ1v) is 7.04. The number of halogens is 1. The highest BCUT2D eigenvalue weighted by atomic mass is 35.5. The highest BCUT2D eigenvalue weighted by Gasteiger charge is 2.52. The number of ether oxygens (including phenoxy) is 5. The number of rotatable bonds is 4. The Bertz CT molecular complexity index is 492. The Kier molecular flexibility index (Phi) is 6.77. The van der Waals surface area contributed by atoms with Crippen molar-refractivity contribution in [1.29, 1.82) is 0 Å². The average molecular weight is 353 g/mol. The fraction of sp³-hybridized carbons (Fsp3) is 0.692. The normalized spacial score (nSPS) is 30.0. The van der Waals surface area contributed by atoms with E-state index >= 15 is 0 Å². The summed E-state index contributed by atoms with van der Waals surface area (Å²) in [6.07, 6.45) is -5.33. The van der Waals surface area contributed by atoms with E-state index in [1.165, 1.54) is 0 Å². The topological polar surface area (TPSA) is 114 Å². The third-order valence-corrected chi connectivity index (χ3v) is 2.98. The van der Waals surface area contributed by atoms with Gasteiger partial charge in [-0.05, 0) is 0 Å². The van der Waals surface area contributed by atoms with E-state index in [-0.39, 0.29) is 0 Å². The second-order valence-electron chi connectivity index (χ2n) is 4.69. The number of alkyl halides is 1. The van der Waals surface area contributed by atoms with Crippen LogP contribution >= 0.6 is 11.6 Å². The summed E-state index contributed by atoms with van der Waals surface area (Å²) in [4.78, 5) is 45.0. The van der Waals surface area contributed by atoms with E-state index in [0.29, 0.717) is 0 Å². The molecule has 1 aliphatic rings. The molecule has 0 aromatic carbocycles. The van der Waals surface area contributed by atoms with Crippen molar-refractivity contribution in [1.82, 2.24) is 0 Å². The van der Waals surface area contributed by atoms with Crippen molar-refractivity contribution in [3.63, 3.8) is 0 Å². The summed E-state index contributed by atoms with van der Waals surface area (Å²) in [5, 5.41) is 0.